The zero-order valence-corrected chi connectivity index (χ0v) is 14.5. The molecule has 1 saturated heterocycles. The summed E-state index contributed by atoms with van der Waals surface area (Å²) in [7, 11) is 1.93. The molecule has 0 saturated carbocycles. The van der Waals surface area contributed by atoms with E-state index in [1.54, 1.807) is 35.4 Å². The van der Waals surface area contributed by atoms with Crippen molar-refractivity contribution in [3.8, 4) is 0 Å². The number of anilines is 1. The largest absolute Gasteiger partial charge is 0.339 e. The topological polar surface area (TPSA) is 78.8 Å². The molecule has 1 aromatic carbocycles. The molecule has 8 heteroatoms. The fraction of sp³-hybridized carbons (Fsp3) is 0.333. The summed E-state index contributed by atoms with van der Waals surface area (Å²) >= 11 is 0. The van der Waals surface area contributed by atoms with Crippen molar-refractivity contribution in [2.75, 3.05) is 37.6 Å². The van der Waals surface area contributed by atoms with Crippen LogP contribution >= 0.6 is 0 Å². The molecule has 0 atom stereocenters. The van der Waals surface area contributed by atoms with Crippen molar-refractivity contribution < 1.29 is 14.4 Å². The predicted octanol–water partition coefficient (Wildman–Crippen LogP) is 0.365. The first-order chi connectivity index (χ1) is 12.6. The maximum atomic E-state index is 12.6. The van der Waals surface area contributed by atoms with Crippen LogP contribution in [0.25, 0.3) is 0 Å². The maximum absolute atomic E-state index is 12.6. The third kappa shape index (κ3) is 2.63. The van der Waals surface area contributed by atoms with Crippen LogP contribution in [-0.2, 0) is 11.8 Å². The van der Waals surface area contributed by atoms with Crippen LogP contribution in [0.2, 0.25) is 0 Å². The van der Waals surface area contributed by atoms with E-state index < -0.39 is 11.8 Å². The van der Waals surface area contributed by atoms with Crippen LogP contribution in [0.1, 0.15) is 20.7 Å². The van der Waals surface area contributed by atoms with E-state index in [-0.39, 0.29) is 12.5 Å². The monoisotopic (exact) mass is 353 g/mol. The van der Waals surface area contributed by atoms with Crippen LogP contribution in [0.3, 0.4) is 0 Å². The van der Waals surface area contributed by atoms with Gasteiger partial charge in [0.2, 0.25) is 11.9 Å². The highest BCUT2D eigenvalue weighted by atomic mass is 16.2. The number of aryl methyl sites for hydroxylation is 1. The fourth-order valence-corrected chi connectivity index (χ4v) is 3.44. The van der Waals surface area contributed by atoms with Gasteiger partial charge in [0.05, 0.1) is 11.1 Å². The van der Waals surface area contributed by atoms with E-state index in [1.165, 1.54) is 0 Å². The summed E-state index contributed by atoms with van der Waals surface area (Å²) in [5, 5.41) is 0. The lowest BCUT2D eigenvalue weighted by atomic mass is 10.1. The molecule has 2 aliphatic heterocycles. The predicted molar refractivity (Wildman–Crippen MR) is 93.8 cm³/mol. The number of fused-ring (bicyclic) bond motifs is 1. The lowest BCUT2D eigenvalue weighted by molar-refractivity contribution is -0.131. The van der Waals surface area contributed by atoms with E-state index in [2.05, 4.69) is 9.88 Å². The number of hydrogen-bond donors (Lipinski definition) is 0. The molecule has 2 aromatic rings. The van der Waals surface area contributed by atoms with Crippen molar-refractivity contribution in [3.05, 3.63) is 47.8 Å². The van der Waals surface area contributed by atoms with Crippen molar-refractivity contribution in [1.82, 2.24) is 19.4 Å². The number of rotatable bonds is 3. The number of amides is 3. The van der Waals surface area contributed by atoms with Gasteiger partial charge in [0.1, 0.15) is 6.54 Å². The number of imidazole rings is 1. The third-order valence-corrected chi connectivity index (χ3v) is 4.88. The molecule has 1 aromatic heterocycles. The van der Waals surface area contributed by atoms with Crippen LogP contribution in [-0.4, -0.2) is 69.8 Å². The van der Waals surface area contributed by atoms with E-state index >= 15 is 0 Å². The number of hydrogen-bond acceptors (Lipinski definition) is 5. The number of piperazine rings is 1. The third-order valence-electron chi connectivity index (χ3n) is 4.88. The Balaban J connectivity index is 1.39. The van der Waals surface area contributed by atoms with Crippen molar-refractivity contribution in [2.24, 2.45) is 7.05 Å². The Morgan fingerprint density at radius 3 is 2.19 bits per heavy atom. The first kappa shape index (κ1) is 16.3. The zero-order chi connectivity index (χ0) is 18.3. The van der Waals surface area contributed by atoms with Gasteiger partial charge in [0, 0.05) is 45.6 Å². The average Bonchev–Trinajstić information content (AvgIpc) is 3.19. The Labute approximate surface area is 150 Å². The van der Waals surface area contributed by atoms with Crippen molar-refractivity contribution in [2.45, 2.75) is 0 Å². The van der Waals surface area contributed by atoms with Crippen LogP contribution < -0.4 is 4.90 Å². The van der Waals surface area contributed by atoms with Crippen molar-refractivity contribution in [1.29, 1.82) is 0 Å². The Kier molecular flexibility index (Phi) is 3.95. The van der Waals surface area contributed by atoms with Gasteiger partial charge < -0.3 is 14.4 Å². The summed E-state index contributed by atoms with van der Waals surface area (Å²) in [6, 6.07) is 6.66. The van der Waals surface area contributed by atoms with Gasteiger partial charge in [-0.15, -0.1) is 0 Å². The second kappa shape index (κ2) is 6.29. The molecule has 2 aliphatic rings. The quantitative estimate of drug-likeness (QED) is 0.745. The van der Waals surface area contributed by atoms with Gasteiger partial charge in [-0.1, -0.05) is 12.1 Å². The molecule has 8 nitrogen and oxygen atoms in total. The minimum Gasteiger partial charge on any atom is -0.339 e. The van der Waals surface area contributed by atoms with E-state index in [0.717, 1.165) is 10.8 Å². The number of carbonyl (C=O) groups excluding carboxylic acids is 3. The highest BCUT2D eigenvalue weighted by Crippen LogP contribution is 2.22. The molecule has 134 valence electrons. The van der Waals surface area contributed by atoms with Crippen molar-refractivity contribution in [3.63, 3.8) is 0 Å². The van der Waals surface area contributed by atoms with Gasteiger partial charge in [0.15, 0.2) is 0 Å². The van der Waals surface area contributed by atoms with E-state index in [1.807, 2.05) is 17.8 Å². The number of nitrogens with zero attached hydrogens (tertiary/aromatic N) is 5. The fourth-order valence-electron chi connectivity index (χ4n) is 3.44. The Morgan fingerprint density at radius 1 is 1.04 bits per heavy atom. The lowest BCUT2D eigenvalue weighted by Gasteiger charge is -2.35. The van der Waals surface area contributed by atoms with Gasteiger partial charge in [0.25, 0.3) is 11.8 Å². The van der Waals surface area contributed by atoms with E-state index in [4.69, 9.17) is 0 Å². The van der Waals surface area contributed by atoms with Gasteiger partial charge in [-0.05, 0) is 12.1 Å². The molecule has 0 unspecified atom stereocenters. The number of imide groups is 1. The highest BCUT2D eigenvalue weighted by Gasteiger charge is 2.37. The molecular formula is C18H19N5O3. The van der Waals surface area contributed by atoms with Gasteiger partial charge in [-0.2, -0.15) is 0 Å². The number of carbonyl (C=O) groups is 3. The minimum absolute atomic E-state index is 0.209. The molecule has 3 amide bonds. The molecule has 3 heterocycles. The molecule has 0 aliphatic carbocycles. The van der Waals surface area contributed by atoms with E-state index in [0.29, 0.717) is 37.3 Å². The normalized spacial score (nSPS) is 17.0. The van der Waals surface area contributed by atoms with Gasteiger partial charge >= 0.3 is 0 Å². The van der Waals surface area contributed by atoms with Crippen LogP contribution in [0.5, 0.6) is 0 Å². The standard InChI is InChI=1S/C18H19N5O3/c1-20-7-6-19-18(20)22-10-8-21(9-11-22)15(24)12-23-16(25)13-4-2-3-5-14(13)17(23)26/h2-7H,8-12H2,1H3. The summed E-state index contributed by atoms with van der Waals surface area (Å²) in [5.74, 6) is -0.132. The summed E-state index contributed by atoms with van der Waals surface area (Å²) in [6.07, 6.45) is 3.63. The number of aromatic nitrogens is 2. The number of benzene rings is 1. The molecule has 1 fully saturated rings. The molecule has 4 rings (SSSR count). The summed E-state index contributed by atoms with van der Waals surface area (Å²) in [5.41, 5.74) is 0.731. The zero-order valence-electron chi connectivity index (χ0n) is 14.5. The van der Waals surface area contributed by atoms with Gasteiger partial charge in [-0.25, -0.2) is 4.98 Å². The first-order valence-corrected chi connectivity index (χ1v) is 8.51. The molecule has 0 spiro atoms. The second-order valence-electron chi connectivity index (χ2n) is 6.45. The minimum atomic E-state index is -0.398. The maximum Gasteiger partial charge on any atom is 0.262 e. The summed E-state index contributed by atoms with van der Waals surface area (Å²) < 4.78 is 1.94. The SMILES string of the molecule is Cn1ccnc1N1CCN(C(=O)CN2C(=O)c3ccccc3C2=O)CC1. The molecule has 0 radical (unpaired) electrons. The first-order valence-electron chi connectivity index (χ1n) is 8.51. The van der Waals surface area contributed by atoms with Crippen LogP contribution in [0.15, 0.2) is 36.7 Å². The smallest absolute Gasteiger partial charge is 0.262 e. The average molecular weight is 353 g/mol. The summed E-state index contributed by atoms with van der Waals surface area (Å²) in [4.78, 5) is 46.5. The van der Waals surface area contributed by atoms with Crippen LogP contribution in [0.4, 0.5) is 5.95 Å². The van der Waals surface area contributed by atoms with Crippen LogP contribution in [0, 0.1) is 0 Å². The Morgan fingerprint density at radius 2 is 1.65 bits per heavy atom. The highest BCUT2D eigenvalue weighted by molar-refractivity contribution is 6.22. The molecule has 0 bridgehead atoms. The molecular weight excluding hydrogens is 334 g/mol. The van der Waals surface area contributed by atoms with Gasteiger partial charge in [-0.3, -0.25) is 19.3 Å². The second-order valence-corrected chi connectivity index (χ2v) is 6.45. The Hall–Kier alpha value is -3.16. The Bertz CT molecular complexity index is 847. The lowest BCUT2D eigenvalue weighted by Crippen LogP contribution is -2.52. The molecule has 26 heavy (non-hydrogen) atoms. The van der Waals surface area contributed by atoms with Crippen molar-refractivity contribution >= 4 is 23.7 Å². The van der Waals surface area contributed by atoms with E-state index in [9.17, 15) is 14.4 Å². The summed E-state index contributed by atoms with van der Waals surface area (Å²) in [6.45, 7) is 2.19. The molecule has 0 N–H and O–H groups in total.